The van der Waals surface area contributed by atoms with Crippen molar-refractivity contribution >= 4 is 17.4 Å². The molecule has 25 heavy (non-hydrogen) atoms. The lowest BCUT2D eigenvalue weighted by molar-refractivity contribution is 0.0950. The van der Waals surface area contributed by atoms with E-state index in [1.807, 2.05) is 12.3 Å². The number of nitrogens with zero attached hydrogens (tertiary/aromatic N) is 2. The van der Waals surface area contributed by atoms with E-state index >= 15 is 0 Å². The highest BCUT2D eigenvalue weighted by molar-refractivity contribution is 7.13. The van der Waals surface area contributed by atoms with Gasteiger partial charge >= 0.3 is 6.09 Å². The maximum absolute atomic E-state index is 13.0. The Morgan fingerprint density at radius 3 is 2.76 bits per heavy atom. The number of ether oxygens (including phenoxy) is 1. The molecule has 5 nitrogen and oxygen atoms in total. The number of halogens is 1. The van der Waals surface area contributed by atoms with Crippen LogP contribution >= 0.6 is 11.3 Å². The maximum atomic E-state index is 13.0. The minimum atomic E-state index is -0.239. The third-order valence-electron chi connectivity index (χ3n) is 4.24. The maximum Gasteiger partial charge on any atom is 0.409 e. The molecule has 1 aliphatic rings. The van der Waals surface area contributed by atoms with Gasteiger partial charge in [-0.15, -0.1) is 11.3 Å². The number of hydrogen-bond acceptors (Lipinski definition) is 5. The Labute approximate surface area is 150 Å². The summed E-state index contributed by atoms with van der Waals surface area (Å²) >= 11 is 1.56. The lowest BCUT2D eigenvalue weighted by Crippen LogP contribution is -2.44. The topological polar surface area (TPSA) is 54.5 Å². The molecule has 0 aliphatic carbocycles. The average molecular weight is 363 g/mol. The zero-order chi connectivity index (χ0) is 17.6. The van der Waals surface area contributed by atoms with Crippen molar-refractivity contribution in [1.29, 1.82) is 0 Å². The quantitative estimate of drug-likeness (QED) is 0.881. The van der Waals surface area contributed by atoms with E-state index in [1.54, 1.807) is 28.4 Å². The number of thiazole rings is 1. The summed E-state index contributed by atoms with van der Waals surface area (Å²) in [6.07, 6.45) is 1.60. The zero-order valence-corrected chi connectivity index (χ0v) is 15.0. The van der Waals surface area contributed by atoms with Crippen LogP contribution in [0.25, 0.3) is 10.6 Å². The van der Waals surface area contributed by atoms with Gasteiger partial charge in [0.25, 0.3) is 0 Å². The summed E-state index contributed by atoms with van der Waals surface area (Å²) in [4.78, 5) is 18.1. The molecule has 1 aromatic carbocycles. The van der Waals surface area contributed by atoms with Crippen LogP contribution in [0.5, 0.6) is 0 Å². The van der Waals surface area contributed by atoms with Crippen molar-refractivity contribution in [2.75, 3.05) is 19.7 Å². The Bertz CT molecular complexity index is 697. The first-order valence-electron chi connectivity index (χ1n) is 8.51. The van der Waals surface area contributed by atoms with Crippen LogP contribution in [0.2, 0.25) is 0 Å². The minimum Gasteiger partial charge on any atom is -0.450 e. The van der Waals surface area contributed by atoms with Gasteiger partial charge in [-0.2, -0.15) is 0 Å². The van der Waals surface area contributed by atoms with Crippen molar-refractivity contribution < 1.29 is 13.9 Å². The van der Waals surface area contributed by atoms with Crippen LogP contribution in [0.4, 0.5) is 9.18 Å². The monoisotopic (exact) mass is 363 g/mol. The molecule has 2 heterocycles. The van der Waals surface area contributed by atoms with Gasteiger partial charge in [-0.1, -0.05) is 0 Å². The molecule has 1 amide bonds. The molecule has 3 rings (SSSR count). The first-order valence-corrected chi connectivity index (χ1v) is 9.39. The predicted octanol–water partition coefficient (Wildman–Crippen LogP) is 3.66. The molecule has 1 saturated heterocycles. The molecule has 0 radical (unpaired) electrons. The van der Waals surface area contributed by atoms with Crippen LogP contribution in [0.1, 0.15) is 25.5 Å². The number of carbonyl (C=O) groups excluding carboxylic acids is 1. The molecule has 1 aromatic heterocycles. The van der Waals surface area contributed by atoms with Crippen LogP contribution in [0, 0.1) is 5.82 Å². The fraction of sp³-hybridized carbons (Fsp3) is 0.444. The number of amides is 1. The molecular formula is C18H22FN3O2S. The van der Waals surface area contributed by atoms with E-state index in [0.717, 1.165) is 29.1 Å². The number of carbonyl (C=O) groups is 1. The van der Waals surface area contributed by atoms with Gasteiger partial charge in [0.05, 0.1) is 12.3 Å². The van der Waals surface area contributed by atoms with Gasteiger partial charge in [-0.05, 0) is 44.0 Å². The second-order valence-corrected chi connectivity index (χ2v) is 6.85. The van der Waals surface area contributed by atoms with E-state index in [0.29, 0.717) is 32.3 Å². The van der Waals surface area contributed by atoms with Crippen LogP contribution in [-0.4, -0.2) is 41.7 Å². The summed E-state index contributed by atoms with van der Waals surface area (Å²) in [6.45, 7) is 4.36. The number of likely N-dealkylation sites (tertiary alicyclic amines) is 1. The average Bonchev–Trinajstić information content (AvgIpc) is 3.10. The van der Waals surface area contributed by atoms with Crippen molar-refractivity contribution in [2.24, 2.45) is 0 Å². The van der Waals surface area contributed by atoms with Gasteiger partial charge < -0.3 is 15.0 Å². The van der Waals surface area contributed by atoms with E-state index in [-0.39, 0.29) is 11.9 Å². The molecule has 1 aliphatic heterocycles. The molecule has 0 unspecified atom stereocenters. The molecule has 0 atom stereocenters. The third kappa shape index (κ3) is 4.76. The van der Waals surface area contributed by atoms with Gasteiger partial charge in [-0.25, -0.2) is 14.2 Å². The number of benzene rings is 1. The van der Waals surface area contributed by atoms with E-state index in [4.69, 9.17) is 4.74 Å². The fourth-order valence-electron chi connectivity index (χ4n) is 2.84. The van der Waals surface area contributed by atoms with Crippen molar-refractivity contribution in [3.05, 3.63) is 41.2 Å². The summed E-state index contributed by atoms with van der Waals surface area (Å²) in [5.41, 5.74) is 1.91. The summed E-state index contributed by atoms with van der Waals surface area (Å²) in [7, 11) is 0. The molecule has 2 aromatic rings. The van der Waals surface area contributed by atoms with Crippen LogP contribution in [0.15, 0.2) is 29.6 Å². The number of nitrogens with one attached hydrogen (secondary N) is 1. The molecule has 134 valence electrons. The van der Waals surface area contributed by atoms with Crippen LogP contribution < -0.4 is 5.32 Å². The second-order valence-electron chi connectivity index (χ2n) is 5.99. The Morgan fingerprint density at radius 2 is 2.08 bits per heavy atom. The second kappa shape index (κ2) is 8.40. The molecular weight excluding hydrogens is 341 g/mol. The van der Waals surface area contributed by atoms with Crippen molar-refractivity contribution in [2.45, 2.75) is 32.4 Å². The number of rotatable bonds is 5. The van der Waals surface area contributed by atoms with Crippen LogP contribution in [0.3, 0.4) is 0 Å². The SMILES string of the molecule is CCOC(=O)N1CCC(NCc2csc(-c3ccc(F)cc3)n2)CC1. The standard InChI is InChI=1S/C18H22FN3O2S/c1-2-24-18(23)22-9-7-15(8-10-22)20-11-16-12-25-17(21-16)13-3-5-14(19)6-4-13/h3-6,12,15,20H,2,7-11H2,1H3. The van der Waals surface area contributed by atoms with E-state index in [9.17, 15) is 9.18 Å². The molecule has 1 N–H and O–H groups in total. The summed E-state index contributed by atoms with van der Waals surface area (Å²) in [5, 5.41) is 6.43. The fourth-order valence-corrected chi connectivity index (χ4v) is 3.67. The van der Waals surface area contributed by atoms with Crippen molar-refractivity contribution in [3.63, 3.8) is 0 Å². The van der Waals surface area contributed by atoms with Gasteiger partial charge in [0.2, 0.25) is 0 Å². The Balaban J connectivity index is 1.47. The normalized spacial score (nSPS) is 15.4. The number of aromatic nitrogens is 1. The highest BCUT2D eigenvalue weighted by Crippen LogP contribution is 2.24. The lowest BCUT2D eigenvalue weighted by Gasteiger charge is -2.31. The molecule has 1 fully saturated rings. The summed E-state index contributed by atoms with van der Waals surface area (Å²) in [6, 6.07) is 6.77. The van der Waals surface area contributed by atoms with Crippen LogP contribution in [-0.2, 0) is 11.3 Å². The third-order valence-corrected chi connectivity index (χ3v) is 5.18. The van der Waals surface area contributed by atoms with Gasteiger partial charge in [0, 0.05) is 36.6 Å². The summed E-state index contributed by atoms with van der Waals surface area (Å²) in [5.74, 6) is -0.239. The van der Waals surface area contributed by atoms with Gasteiger partial charge in [0.1, 0.15) is 10.8 Å². The van der Waals surface area contributed by atoms with Crippen molar-refractivity contribution in [1.82, 2.24) is 15.2 Å². The summed E-state index contributed by atoms with van der Waals surface area (Å²) < 4.78 is 18.0. The first-order chi connectivity index (χ1) is 12.2. The first kappa shape index (κ1) is 17.8. The van der Waals surface area contributed by atoms with E-state index in [2.05, 4.69) is 10.3 Å². The Hall–Kier alpha value is -1.99. The van der Waals surface area contributed by atoms with Gasteiger partial charge in [-0.3, -0.25) is 0 Å². The lowest BCUT2D eigenvalue weighted by atomic mass is 10.1. The smallest absolute Gasteiger partial charge is 0.409 e. The van der Waals surface area contributed by atoms with Gasteiger partial charge in [0.15, 0.2) is 0 Å². The molecule has 7 heteroatoms. The zero-order valence-electron chi connectivity index (χ0n) is 14.2. The highest BCUT2D eigenvalue weighted by atomic mass is 32.1. The minimum absolute atomic E-state index is 0.218. The Kier molecular flexibility index (Phi) is 5.99. The Morgan fingerprint density at radius 1 is 1.36 bits per heavy atom. The van der Waals surface area contributed by atoms with E-state index in [1.165, 1.54) is 12.1 Å². The number of piperidine rings is 1. The van der Waals surface area contributed by atoms with Crippen molar-refractivity contribution in [3.8, 4) is 10.6 Å². The molecule has 0 bridgehead atoms. The predicted molar refractivity (Wildman–Crippen MR) is 96.0 cm³/mol. The molecule has 0 spiro atoms. The number of hydrogen-bond donors (Lipinski definition) is 1. The highest BCUT2D eigenvalue weighted by Gasteiger charge is 2.23. The van der Waals surface area contributed by atoms with E-state index < -0.39 is 0 Å². The molecule has 0 saturated carbocycles. The largest absolute Gasteiger partial charge is 0.450 e.